The van der Waals surface area contributed by atoms with Crippen molar-refractivity contribution < 1.29 is 8.78 Å². The van der Waals surface area contributed by atoms with Crippen LogP contribution in [0.15, 0.2) is 18.2 Å². The molecule has 2 aliphatic rings. The lowest BCUT2D eigenvalue weighted by Gasteiger charge is -2.27. The van der Waals surface area contributed by atoms with Crippen molar-refractivity contribution >= 4 is 0 Å². The van der Waals surface area contributed by atoms with Crippen molar-refractivity contribution in [3.8, 4) is 0 Å². The lowest BCUT2D eigenvalue weighted by molar-refractivity contribution is 0.241. The number of likely N-dealkylation sites (tertiary alicyclic amines) is 1. The number of benzene rings is 1. The van der Waals surface area contributed by atoms with Gasteiger partial charge < -0.3 is 10.2 Å². The third-order valence-corrected chi connectivity index (χ3v) is 4.60. The van der Waals surface area contributed by atoms with Crippen molar-refractivity contribution in [1.82, 2.24) is 10.2 Å². The zero-order chi connectivity index (χ0) is 13.9. The van der Waals surface area contributed by atoms with E-state index in [9.17, 15) is 8.78 Å². The quantitative estimate of drug-likeness (QED) is 0.916. The molecule has 2 fully saturated rings. The Morgan fingerprint density at radius 1 is 1.20 bits per heavy atom. The van der Waals surface area contributed by atoms with Crippen LogP contribution in [0.4, 0.5) is 8.78 Å². The van der Waals surface area contributed by atoms with Crippen LogP contribution in [0.5, 0.6) is 0 Å². The summed E-state index contributed by atoms with van der Waals surface area (Å²) < 4.78 is 27.6. The first-order valence-corrected chi connectivity index (χ1v) is 7.61. The first-order valence-electron chi connectivity index (χ1n) is 7.61. The molecule has 1 N–H and O–H groups in total. The largest absolute Gasteiger partial charge is 0.316 e. The molecule has 0 bridgehead atoms. The lowest BCUT2D eigenvalue weighted by atomic mass is 9.97. The van der Waals surface area contributed by atoms with E-state index in [0.29, 0.717) is 5.92 Å². The SMILES string of the molecule is Fc1cccc(F)c1C1CCN(CC2CCCNC2)C1. The number of piperidine rings is 1. The summed E-state index contributed by atoms with van der Waals surface area (Å²) in [6.07, 6.45) is 3.37. The van der Waals surface area contributed by atoms with E-state index in [-0.39, 0.29) is 11.5 Å². The Bertz CT molecular complexity index is 438. The van der Waals surface area contributed by atoms with E-state index in [1.54, 1.807) is 0 Å². The minimum atomic E-state index is -0.392. The summed E-state index contributed by atoms with van der Waals surface area (Å²) in [6.45, 7) is 5.00. The Balaban J connectivity index is 1.61. The predicted molar refractivity (Wildman–Crippen MR) is 75.7 cm³/mol. The van der Waals surface area contributed by atoms with Gasteiger partial charge in [0.25, 0.3) is 0 Å². The van der Waals surface area contributed by atoms with Crippen LogP contribution < -0.4 is 5.32 Å². The van der Waals surface area contributed by atoms with E-state index in [1.807, 2.05) is 0 Å². The van der Waals surface area contributed by atoms with E-state index >= 15 is 0 Å². The molecule has 0 amide bonds. The maximum absolute atomic E-state index is 13.8. The number of nitrogens with one attached hydrogen (secondary N) is 1. The van der Waals surface area contributed by atoms with Crippen molar-refractivity contribution in [2.75, 3.05) is 32.7 Å². The second-order valence-electron chi connectivity index (χ2n) is 6.09. The highest BCUT2D eigenvalue weighted by Crippen LogP contribution is 2.31. The topological polar surface area (TPSA) is 15.3 Å². The van der Waals surface area contributed by atoms with Crippen molar-refractivity contribution in [3.05, 3.63) is 35.4 Å². The Labute approximate surface area is 119 Å². The summed E-state index contributed by atoms with van der Waals surface area (Å²) in [5.74, 6) is -0.0897. The summed E-state index contributed by atoms with van der Waals surface area (Å²) in [5, 5.41) is 3.42. The number of hydrogen-bond acceptors (Lipinski definition) is 2. The molecule has 2 saturated heterocycles. The molecule has 3 rings (SSSR count). The maximum atomic E-state index is 13.8. The second-order valence-corrected chi connectivity index (χ2v) is 6.09. The third kappa shape index (κ3) is 3.01. The molecule has 0 aromatic heterocycles. The summed E-state index contributed by atoms with van der Waals surface area (Å²) in [4.78, 5) is 2.37. The number of halogens is 2. The average Bonchev–Trinajstić information content (AvgIpc) is 2.88. The molecule has 2 aliphatic heterocycles. The predicted octanol–water partition coefficient (Wildman–Crippen LogP) is 2.75. The van der Waals surface area contributed by atoms with Crippen molar-refractivity contribution in [2.45, 2.75) is 25.2 Å². The zero-order valence-electron chi connectivity index (χ0n) is 11.7. The molecule has 20 heavy (non-hydrogen) atoms. The standard InChI is InChI=1S/C16H22F2N2/c17-14-4-1-5-15(18)16(14)13-6-8-20(11-13)10-12-3-2-7-19-9-12/h1,4-5,12-13,19H,2-3,6-11H2. The van der Waals surface area contributed by atoms with Crippen molar-refractivity contribution in [2.24, 2.45) is 5.92 Å². The summed E-state index contributed by atoms with van der Waals surface area (Å²) in [5.41, 5.74) is 0.289. The Morgan fingerprint density at radius 3 is 2.70 bits per heavy atom. The molecular formula is C16H22F2N2. The maximum Gasteiger partial charge on any atom is 0.129 e. The highest BCUT2D eigenvalue weighted by atomic mass is 19.1. The molecule has 0 spiro atoms. The van der Waals surface area contributed by atoms with Gasteiger partial charge in [-0.3, -0.25) is 0 Å². The molecule has 0 saturated carbocycles. The highest BCUT2D eigenvalue weighted by Gasteiger charge is 2.29. The molecular weight excluding hydrogens is 258 g/mol. The van der Waals surface area contributed by atoms with Gasteiger partial charge in [0.05, 0.1) is 0 Å². The number of hydrogen-bond donors (Lipinski definition) is 1. The van der Waals surface area contributed by atoms with Crippen LogP contribution >= 0.6 is 0 Å². The molecule has 2 unspecified atom stereocenters. The third-order valence-electron chi connectivity index (χ3n) is 4.60. The Hall–Kier alpha value is -1.00. The van der Waals surface area contributed by atoms with Crippen LogP contribution in [0.25, 0.3) is 0 Å². The van der Waals surface area contributed by atoms with Gasteiger partial charge in [0, 0.05) is 24.6 Å². The van der Waals surface area contributed by atoms with Gasteiger partial charge >= 0.3 is 0 Å². The summed E-state index contributed by atoms with van der Waals surface area (Å²) >= 11 is 0. The first-order chi connectivity index (χ1) is 9.74. The van der Waals surface area contributed by atoms with E-state index < -0.39 is 11.6 Å². The molecule has 0 radical (unpaired) electrons. The van der Waals surface area contributed by atoms with Gasteiger partial charge in [-0.15, -0.1) is 0 Å². The molecule has 4 heteroatoms. The van der Waals surface area contributed by atoms with Gasteiger partial charge in [-0.2, -0.15) is 0 Å². The average molecular weight is 280 g/mol. The van der Waals surface area contributed by atoms with Crippen molar-refractivity contribution in [1.29, 1.82) is 0 Å². The normalized spacial score (nSPS) is 27.9. The minimum absolute atomic E-state index is 0.00718. The van der Waals surface area contributed by atoms with Crippen LogP contribution in [-0.2, 0) is 0 Å². The van der Waals surface area contributed by atoms with Crippen LogP contribution in [0, 0.1) is 17.6 Å². The molecule has 2 heterocycles. The van der Waals surface area contributed by atoms with E-state index in [4.69, 9.17) is 0 Å². The minimum Gasteiger partial charge on any atom is -0.316 e. The summed E-state index contributed by atoms with van der Waals surface area (Å²) in [7, 11) is 0. The number of nitrogens with zero attached hydrogens (tertiary/aromatic N) is 1. The van der Waals surface area contributed by atoms with E-state index in [0.717, 1.165) is 39.1 Å². The monoisotopic (exact) mass is 280 g/mol. The molecule has 2 nitrogen and oxygen atoms in total. The fourth-order valence-electron chi connectivity index (χ4n) is 3.58. The number of rotatable bonds is 3. The van der Waals surface area contributed by atoms with Gasteiger partial charge in [0.1, 0.15) is 11.6 Å². The van der Waals surface area contributed by atoms with E-state index in [2.05, 4.69) is 10.2 Å². The van der Waals surface area contributed by atoms with Gasteiger partial charge in [-0.25, -0.2) is 8.78 Å². The second kappa shape index (κ2) is 6.19. The molecule has 2 atom stereocenters. The fourth-order valence-corrected chi connectivity index (χ4v) is 3.58. The zero-order valence-corrected chi connectivity index (χ0v) is 11.7. The van der Waals surface area contributed by atoms with Crippen LogP contribution in [-0.4, -0.2) is 37.6 Å². The molecule has 0 aliphatic carbocycles. The van der Waals surface area contributed by atoms with Gasteiger partial charge in [-0.05, 0) is 56.9 Å². The van der Waals surface area contributed by atoms with Crippen LogP contribution in [0.1, 0.15) is 30.7 Å². The smallest absolute Gasteiger partial charge is 0.129 e. The molecule has 1 aromatic carbocycles. The molecule has 1 aromatic rings. The fraction of sp³-hybridized carbons (Fsp3) is 0.625. The summed E-state index contributed by atoms with van der Waals surface area (Å²) in [6, 6.07) is 4.17. The van der Waals surface area contributed by atoms with Gasteiger partial charge in [-0.1, -0.05) is 6.07 Å². The van der Waals surface area contributed by atoms with Crippen LogP contribution in [0.3, 0.4) is 0 Å². The Morgan fingerprint density at radius 2 is 2.00 bits per heavy atom. The lowest BCUT2D eigenvalue weighted by Crippen LogP contribution is -2.37. The first kappa shape index (κ1) is 14.0. The molecule has 110 valence electrons. The van der Waals surface area contributed by atoms with E-state index in [1.165, 1.54) is 31.0 Å². The Kier molecular flexibility index (Phi) is 4.32. The van der Waals surface area contributed by atoms with Gasteiger partial charge in [0.2, 0.25) is 0 Å². The van der Waals surface area contributed by atoms with Gasteiger partial charge in [0.15, 0.2) is 0 Å². The van der Waals surface area contributed by atoms with Crippen LogP contribution in [0.2, 0.25) is 0 Å². The highest BCUT2D eigenvalue weighted by molar-refractivity contribution is 5.25. The van der Waals surface area contributed by atoms with Crippen molar-refractivity contribution in [3.63, 3.8) is 0 Å².